The highest BCUT2D eigenvalue weighted by Gasteiger charge is 2.17. The SMILES string of the molecule is NC(=S)c1cc(F)cc(CN2CCn3ccnc3C2)c1. The maximum atomic E-state index is 13.6. The Kier molecular flexibility index (Phi) is 3.50. The molecule has 1 aromatic heterocycles. The van der Waals surface area contributed by atoms with Crippen molar-refractivity contribution in [1.82, 2.24) is 14.5 Å². The lowest BCUT2D eigenvalue weighted by Gasteiger charge is -2.27. The molecule has 0 unspecified atom stereocenters. The van der Waals surface area contributed by atoms with E-state index in [9.17, 15) is 4.39 Å². The quantitative estimate of drug-likeness (QED) is 0.874. The van der Waals surface area contributed by atoms with E-state index >= 15 is 0 Å². The van der Waals surface area contributed by atoms with Gasteiger partial charge in [0.15, 0.2) is 0 Å². The Morgan fingerprint density at radius 1 is 1.35 bits per heavy atom. The first-order valence-electron chi connectivity index (χ1n) is 6.43. The third-order valence-corrected chi connectivity index (χ3v) is 3.71. The van der Waals surface area contributed by atoms with Gasteiger partial charge >= 0.3 is 0 Å². The summed E-state index contributed by atoms with van der Waals surface area (Å²) in [6.45, 7) is 3.27. The van der Waals surface area contributed by atoms with Crippen molar-refractivity contribution in [3.8, 4) is 0 Å². The normalized spacial score (nSPS) is 15.1. The summed E-state index contributed by atoms with van der Waals surface area (Å²) < 4.78 is 15.7. The van der Waals surface area contributed by atoms with Crippen molar-refractivity contribution >= 4 is 17.2 Å². The molecule has 0 spiro atoms. The first-order valence-corrected chi connectivity index (χ1v) is 6.84. The number of nitrogens with two attached hydrogens (primary N) is 1. The highest BCUT2D eigenvalue weighted by atomic mass is 32.1. The van der Waals surface area contributed by atoms with Gasteiger partial charge in [0, 0.05) is 37.6 Å². The zero-order valence-electron chi connectivity index (χ0n) is 10.9. The van der Waals surface area contributed by atoms with Gasteiger partial charge in [0.2, 0.25) is 0 Å². The third kappa shape index (κ3) is 2.71. The Hall–Kier alpha value is -1.79. The van der Waals surface area contributed by atoms with Gasteiger partial charge in [-0.05, 0) is 23.8 Å². The van der Waals surface area contributed by atoms with E-state index in [-0.39, 0.29) is 10.8 Å². The molecule has 4 nitrogen and oxygen atoms in total. The van der Waals surface area contributed by atoms with E-state index in [1.165, 1.54) is 12.1 Å². The summed E-state index contributed by atoms with van der Waals surface area (Å²) in [5.41, 5.74) is 7.03. The number of imidazole rings is 1. The van der Waals surface area contributed by atoms with Crippen molar-refractivity contribution in [3.63, 3.8) is 0 Å². The number of nitrogens with zero attached hydrogens (tertiary/aromatic N) is 3. The lowest BCUT2D eigenvalue weighted by atomic mass is 10.1. The monoisotopic (exact) mass is 290 g/mol. The molecule has 6 heteroatoms. The maximum absolute atomic E-state index is 13.6. The number of hydrogen-bond acceptors (Lipinski definition) is 3. The molecule has 0 bridgehead atoms. The standard InChI is InChI=1S/C14H15FN4S/c15-12-6-10(5-11(7-12)14(16)20)8-18-3-4-19-2-1-17-13(19)9-18/h1-2,5-7H,3-4,8-9H2,(H2,16,20). The summed E-state index contributed by atoms with van der Waals surface area (Å²) in [4.78, 5) is 6.78. The van der Waals surface area contributed by atoms with E-state index in [1.807, 2.05) is 18.5 Å². The largest absolute Gasteiger partial charge is 0.389 e. The molecule has 0 aliphatic carbocycles. The van der Waals surface area contributed by atoms with Gasteiger partial charge in [0.25, 0.3) is 0 Å². The van der Waals surface area contributed by atoms with Crippen LogP contribution in [0.3, 0.4) is 0 Å². The molecule has 2 aromatic rings. The van der Waals surface area contributed by atoms with Gasteiger partial charge in [-0.25, -0.2) is 9.37 Å². The van der Waals surface area contributed by atoms with Crippen molar-refractivity contribution in [1.29, 1.82) is 0 Å². The van der Waals surface area contributed by atoms with Crippen LogP contribution in [0.15, 0.2) is 30.6 Å². The Morgan fingerprint density at radius 2 is 2.20 bits per heavy atom. The van der Waals surface area contributed by atoms with Crippen molar-refractivity contribution in [2.75, 3.05) is 6.54 Å². The van der Waals surface area contributed by atoms with Crippen LogP contribution in [0.5, 0.6) is 0 Å². The minimum absolute atomic E-state index is 0.222. The third-order valence-electron chi connectivity index (χ3n) is 3.47. The molecule has 0 saturated carbocycles. The van der Waals surface area contributed by atoms with Gasteiger partial charge in [-0.2, -0.15) is 0 Å². The zero-order valence-corrected chi connectivity index (χ0v) is 11.7. The number of halogens is 1. The second-order valence-electron chi connectivity index (χ2n) is 4.96. The highest BCUT2D eigenvalue weighted by molar-refractivity contribution is 7.80. The molecule has 1 aliphatic rings. The second kappa shape index (κ2) is 5.30. The summed E-state index contributed by atoms with van der Waals surface area (Å²) in [6, 6.07) is 4.75. The summed E-state index contributed by atoms with van der Waals surface area (Å²) >= 11 is 4.91. The average Bonchev–Trinajstić information content (AvgIpc) is 2.85. The number of aromatic nitrogens is 2. The molecular formula is C14H15FN4S. The fourth-order valence-electron chi connectivity index (χ4n) is 2.50. The number of fused-ring (bicyclic) bond motifs is 1. The molecule has 0 fully saturated rings. The van der Waals surface area contributed by atoms with Crippen molar-refractivity contribution in [2.24, 2.45) is 5.73 Å². The zero-order chi connectivity index (χ0) is 14.1. The minimum Gasteiger partial charge on any atom is -0.389 e. The van der Waals surface area contributed by atoms with Crippen LogP contribution in [0.4, 0.5) is 4.39 Å². The molecule has 20 heavy (non-hydrogen) atoms. The van der Waals surface area contributed by atoms with Gasteiger partial charge in [-0.15, -0.1) is 0 Å². The summed E-state index contributed by atoms with van der Waals surface area (Å²) in [6.07, 6.45) is 3.80. The molecular weight excluding hydrogens is 275 g/mol. The van der Waals surface area contributed by atoms with Gasteiger partial charge in [-0.1, -0.05) is 12.2 Å². The molecule has 2 N–H and O–H groups in total. The molecule has 104 valence electrons. The van der Waals surface area contributed by atoms with Crippen LogP contribution in [-0.4, -0.2) is 26.0 Å². The number of rotatable bonds is 3. The molecule has 2 heterocycles. The summed E-state index contributed by atoms with van der Waals surface area (Å²) in [5.74, 6) is 0.742. The fourth-order valence-corrected chi connectivity index (χ4v) is 2.62. The first-order chi connectivity index (χ1) is 9.61. The van der Waals surface area contributed by atoms with E-state index in [1.54, 1.807) is 0 Å². The fraction of sp³-hybridized carbons (Fsp3) is 0.286. The lowest BCUT2D eigenvalue weighted by molar-refractivity contribution is 0.208. The predicted molar refractivity (Wildman–Crippen MR) is 78.6 cm³/mol. The highest BCUT2D eigenvalue weighted by Crippen LogP contribution is 2.16. The van der Waals surface area contributed by atoms with Crippen LogP contribution in [-0.2, 0) is 19.6 Å². The topological polar surface area (TPSA) is 47.1 Å². The number of hydrogen-bond donors (Lipinski definition) is 1. The summed E-state index contributed by atoms with van der Waals surface area (Å²) in [7, 11) is 0. The van der Waals surface area contributed by atoms with E-state index in [0.717, 1.165) is 31.0 Å². The van der Waals surface area contributed by atoms with E-state index in [0.29, 0.717) is 12.1 Å². The Balaban J connectivity index is 1.77. The minimum atomic E-state index is -0.302. The molecule has 0 radical (unpaired) electrons. The van der Waals surface area contributed by atoms with Crippen LogP contribution in [0.2, 0.25) is 0 Å². The van der Waals surface area contributed by atoms with Crippen LogP contribution in [0.1, 0.15) is 17.0 Å². The Morgan fingerprint density at radius 3 is 3.00 bits per heavy atom. The second-order valence-corrected chi connectivity index (χ2v) is 5.40. The number of thiocarbonyl (C=S) groups is 1. The van der Waals surface area contributed by atoms with Gasteiger partial charge in [-0.3, -0.25) is 4.90 Å². The molecule has 1 aromatic carbocycles. The maximum Gasteiger partial charge on any atom is 0.124 e. The molecule has 3 rings (SSSR count). The Bertz CT molecular complexity index is 652. The lowest BCUT2D eigenvalue weighted by Crippen LogP contribution is -2.33. The van der Waals surface area contributed by atoms with Gasteiger partial charge < -0.3 is 10.3 Å². The molecule has 0 amide bonds. The smallest absolute Gasteiger partial charge is 0.124 e. The van der Waals surface area contributed by atoms with Crippen LogP contribution >= 0.6 is 12.2 Å². The van der Waals surface area contributed by atoms with Crippen LogP contribution in [0, 0.1) is 5.82 Å². The molecule has 0 saturated heterocycles. The van der Waals surface area contributed by atoms with Crippen molar-refractivity contribution < 1.29 is 4.39 Å². The molecule has 1 aliphatic heterocycles. The number of benzene rings is 1. The van der Waals surface area contributed by atoms with E-state index < -0.39 is 0 Å². The Labute approximate surface area is 122 Å². The van der Waals surface area contributed by atoms with Crippen LogP contribution in [0.25, 0.3) is 0 Å². The van der Waals surface area contributed by atoms with E-state index in [4.69, 9.17) is 18.0 Å². The molecule has 0 atom stereocenters. The van der Waals surface area contributed by atoms with Crippen molar-refractivity contribution in [2.45, 2.75) is 19.6 Å². The van der Waals surface area contributed by atoms with E-state index in [2.05, 4.69) is 14.5 Å². The first kappa shape index (κ1) is 13.2. The predicted octanol–water partition coefficient (Wildman–Crippen LogP) is 1.67. The van der Waals surface area contributed by atoms with Crippen molar-refractivity contribution in [3.05, 3.63) is 53.4 Å². The average molecular weight is 290 g/mol. The summed E-state index contributed by atoms with van der Waals surface area (Å²) in [5, 5.41) is 0. The van der Waals surface area contributed by atoms with Gasteiger partial charge in [0.1, 0.15) is 16.6 Å². The van der Waals surface area contributed by atoms with Crippen LogP contribution < -0.4 is 5.73 Å². The van der Waals surface area contributed by atoms with Gasteiger partial charge in [0.05, 0.1) is 6.54 Å².